The third-order valence-electron chi connectivity index (χ3n) is 5.92. The quantitative estimate of drug-likeness (QED) is 0.750. The largest absolute Gasteiger partial charge is 0.447 e. The molecule has 0 spiro atoms. The van der Waals surface area contributed by atoms with Crippen molar-refractivity contribution in [3.05, 3.63) is 0 Å². The smallest absolute Gasteiger partial charge is 0.416 e. The zero-order chi connectivity index (χ0) is 16.3. The highest BCUT2D eigenvalue weighted by Gasteiger charge is 2.45. The molecule has 0 radical (unpaired) electrons. The van der Waals surface area contributed by atoms with Crippen LogP contribution in [0.4, 0.5) is 4.79 Å². The zero-order valence-corrected chi connectivity index (χ0v) is 14.2. The SMILES string of the molecule is CCCOC1(C2CCC2)CCC(CC(=O)N2CCOC2=O)CC1. The van der Waals surface area contributed by atoms with Crippen LogP contribution in [0.25, 0.3) is 0 Å². The Morgan fingerprint density at radius 2 is 2.04 bits per heavy atom. The summed E-state index contributed by atoms with van der Waals surface area (Å²) < 4.78 is 11.2. The van der Waals surface area contributed by atoms with Crippen molar-refractivity contribution in [2.45, 2.75) is 70.3 Å². The van der Waals surface area contributed by atoms with Gasteiger partial charge in [0, 0.05) is 13.0 Å². The average molecular weight is 323 g/mol. The Labute approximate surface area is 138 Å². The van der Waals surface area contributed by atoms with Gasteiger partial charge >= 0.3 is 6.09 Å². The molecule has 3 fully saturated rings. The van der Waals surface area contributed by atoms with Gasteiger partial charge in [-0.1, -0.05) is 13.3 Å². The van der Waals surface area contributed by atoms with E-state index >= 15 is 0 Å². The number of nitrogens with zero attached hydrogens (tertiary/aromatic N) is 1. The van der Waals surface area contributed by atoms with Crippen molar-refractivity contribution in [1.82, 2.24) is 4.90 Å². The lowest BCUT2D eigenvalue weighted by Crippen LogP contribution is -2.47. The highest BCUT2D eigenvalue weighted by molar-refractivity contribution is 5.93. The lowest BCUT2D eigenvalue weighted by atomic mass is 9.64. The van der Waals surface area contributed by atoms with E-state index in [-0.39, 0.29) is 11.5 Å². The molecule has 1 heterocycles. The van der Waals surface area contributed by atoms with Gasteiger partial charge in [0.1, 0.15) is 6.61 Å². The monoisotopic (exact) mass is 323 g/mol. The van der Waals surface area contributed by atoms with E-state index in [1.165, 1.54) is 24.2 Å². The van der Waals surface area contributed by atoms with Crippen LogP contribution in [0.2, 0.25) is 0 Å². The summed E-state index contributed by atoms with van der Waals surface area (Å²) in [5.41, 5.74) is 0.0698. The maximum atomic E-state index is 12.3. The fourth-order valence-corrected chi connectivity index (χ4v) is 4.26. The first-order chi connectivity index (χ1) is 11.1. The van der Waals surface area contributed by atoms with E-state index in [0.29, 0.717) is 25.5 Å². The molecule has 0 unspecified atom stereocenters. The predicted molar refractivity (Wildman–Crippen MR) is 86.0 cm³/mol. The van der Waals surface area contributed by atoms with E-state index in [1.807, 2.05) is 0 Å². The molecule has 2 saturated carbocycles. The second kappa shape index (κ2) is 7.20. The summed E-state index contributed by atoms with van der Waals surface area (Å²) >= 11 is 0. The molecule has 0 aromatic carbocycles. The van der Waals surface area contributed by atoms with Gasteiger partial charge in [0.15, 0.2) is 0 Å². The minimum absolute atomic E-state index is 0.0666. The Morgan fingerprint density at radius 3 is 2.57 bits per heavy atom. The Bertz CT molecular complexity index is 438. The van der Waals surface area contributed by atoms with E-state index in [4.69, 9.17) is 9.47 Å². The molecule has 2 amide bonds. The van der Waals surface area contributed by atoms with Crippen LogP contribution in [0.1, 0.15) is 64.7 Å². The number of hydrogen-bond acceptors (Lipinski definition) is 4. The minimum Gasteiger partial charge on any atom is -0.447 e. The normalized spacial score (nSPS) is 31.8. The minimum atomic E-state index is -0.471. The maximum Gasteiger partial charge on any atom is 0.416 e. The number of rotatable bonds is 6. The van der Waals surface area contributed by atoms with Crippen LogP contribution in [-0.2, 0) is 14.3 Å². The van der Waals surface area contributed by atoms with Crippen LogP contribution >= 0.6 is 0 Å². The molecule has 0 bridgehead atoms. The van der Waals surface area contributed by atoms with Crippen LogP contribution in [0.15, 0.2) is 0 Å². The Morgan fingerprint density at radius 1 is 1.30 bits per heavy atom. The van der Waals surface area contributed by atoms with Crippen LogP contribution in [0.3, 0.4) is 0 Å². The molecular weight excluding hydrogens is 294 g/mol. The molecule has 0 aromatic heterocycles. The number of ether oxygens (including phenoxy) is 2. The van der Waals surface area contributed by atoms with Crippen LogP contribution < -0.4 is 0 Å². The van der Waals surface area contributed by atoms with Crippen molar-refractivity contribution < 1.29 is 19.1 Å². The maximum absolute atomic E-state index is 12.3. The Hall–Kier alpha value is -1.10. The molecule has 5 nitrogen and oxygen atoms in total. The summed E-state index contributed by atoms with van der Waals surface area (Å²) in [5, 5.41) is 0. The van der Waals surface area contributed by atoms with Crippen molar-refractivity contribution in [3.63, 3.8) is 0 Å². The number of imide groups is 1. The van der Waals surface area contributed by atoms with Gasteiger partial charge in [-0.3, -0.25) is 4.79 Å². The fourth-order valence-electron chi connectivity index (χ4n) is 4.26. The highest BCUT2D eigenvalue weighted by Crippen LogP contribution is 2.48. The van der Waals surface area contributed by atoms with Crippen molar-refractivity contribution in [2.75, 3.05) is 19.8 Å². The van der Waals surface area contributed by atoms with Crippen LogP contribution in [0, 0.1) is 11.8 Å². The lowest BCUT2D eigenvalue weighted by Gasteiger charge is -2.49. The number of hydrogen-bond donors (Lipinski definition) is 0. The molecule has 0 aromatic rings. The second-order valence-electron chi connectivity index (χ2n) is 7.35. The van der Waals surface area contributed by atoms with Crippen molar-refractivity contribution >= 4 is 12.0 Å². The van der Waals surface area contributed by atoms with Gasteiger partial charge in [-0.15, -0.1) is 0 Å². The molecule has 1 aliphatic heterocycles. The van der Waals surface area contributed by atoms with E-state index in [9.17, 15) is 9.59 Å². The number of amides is 2. The summed E-state index contributed by atoms with van der Waals surface area (Å²) in [6.45, 7) is 3.76. The molecule has 0 N–H and O–H groups in total. The molecule has 5 heteroatoms. The standard InChI is InChI=1S/C18H29NO4/c1-2-11-23-18(15-4-3-5-15)8-6-14(7-9-18)13-16(20)19-10-12-22-17(19)21/h14-15H,2-13H2,1H3. The second-order valence-corrected chi connectivity index (χ2v) is 7.35. The number of cyclic esters (lactones) is 1. The summed E-state index contributed by atoms with van der Waals surface area (Å²) in [6.07, 6.45) is 9.21. The Balaban J connectivity index is 1.52. The molecule has 23 heavy (non-hydrogen) atoms. The molecule has 130 valence electrons. The molecular formula is C18H29NO4. The topological polar surface area (TPSA) is 55.8 Å². The first-order valence-corrected chi connectivity index (χ1v) is 9.25. The van der Waals surface area contributed by atoms with Gasteiger partial charge in [-0.05, 0) is 56.8 Å². The summed E-state index contributed by atoms with van der Waals surface area (Å²) in [4.78, 5) is 25.0. The van der Waals surface area contributed by atoms with Gasteiger partial charge in [0.05, 0.1) is 12.1 Å². The first-order valence-electron chi connectivity index (χ1n) is 9.25. The first kappa shape index (κ1) is 16.7. The van der Waals surface area contributed by atoms with Gasteiger partial charge < -0.3 is 9.47 Å². The van der Waals surface area contributed by atoms with Crippen LogP contribution in [-0.4, -0.2) is 42.3 Å². The Kier molecular flexibility index (Phi) is 5.24. The van der Waals surface area contributed by atoms with E-state index in [0.717, 1.165) is 44.6 Å². The third kappa shape index (κ3) is 3.54. The number of carbonyl (C=O) groups is 2. The van der Waals surface area contributed by atoms with Gasteiger partial charge in [0.2, 0.25) is 5.91 Å². The summed E-state index contributed by atoms with van der Waals surface area (Å²) in [7, 11) is 0. The van der Waals surface area contributed by atoms with Crippen molar-refractivity contribution in [3.8, 4) is 0 Å². The molecule has 2 aliphatic carbocycles. The number of carbonyl (C=O) groups excluding carboxylic acids is 2. The lowest BCUT2D eigenvalue weighted by molar-refractivity contribution is -0.141. The van der Waals surface area contributed by atoms with Gasteiger partial charge in [0.25, 0.3) is 0 Å². The van der Waals surface area contributed by atoms with E-state index in [2.05, 4.69) is 6.92 Å². The van der Waals surface area contributed by atoms with Crippen molar-refractivity contribution in [1.29, 1.82) is 0 Å². The van der Waals surface area contributed by atoms with Crippen molar-refractivity contribution in [2.24, 2.45) is 11.8 Å². The van der Waals surface area contributed by atoms with Crippen LogP contribution in [0.5, 0.6) is 0 Å². The third-order valence-corrected chi connectivity index (χ3v) is 5.92. The predicted octanol–water partition coefficient (Wildman–Crippen LogP) is 3.51. The van der Waals surface area contributed by atoms with E-state index in [1.54, 1.807) is 0 Å². The zero-order valence-electron chi connectivity index (χ0n) is 14.2. The molecule has 3 rings (SSSR count). The highest BCUT2D eigenvalue weighted by atomic mass is 16.6. The fraction of sp³-hybridized carbons (Fsp3) is 0.889. The molecule has 1 saturated heterocycles. The van der Waals surface area contributed by atoms with E-state index < -0.39 is 6.09 Å². The summed E-state index contributed by atoms with van der Waals surface area (Å²) in [6, 6.07) is 0. The van der Waals surface area contributed by atoms with Gasteiger partial charge in [-0.2, -0.15) is 0 Å². The summed E-state index contributed by atoms with van der Waals surface area (Å²) in [5.74, 6) is 1.04. The molecule has 3 aliphatic rings. The molecule has 0 atom stereocenters. The van der Waals surface area contributed by atoms with Gasteiger partial charge in [-0.25, -0.2) is 9.69 Å². The average Bonchev–Trinajstić information content (AvgIpc) is 2.92.